The lowest BCUT2D eigenvalue weighted by Gasteiger charge is -2.07. The average molecular weight is 380 g/mol. The van der Waals surface area contributed by atoms with Crippen LogP contribution in [-0.2, 0) is 6.61 Å². The number of rotatable bonds is 6. The molecule has 1 aromatic heterocycles. The number of aromatic nitrogens is 1. The maximum Gasteiger partial charge on any atom is 0.271 e. The van der Waals surface area contributed by atoms with E-state index < -0.39 is 0 Å². The van der Waals surface area contributed by atoms with Gasteiger partial charge in [0.15, 0.2) is 0 Å². The number of amides is 1. The van der Waals surface area contributed by atoms with E-state index in [2.05, 4.69) is 15.5 Å². The van der Waals surface area contributed by atoms with Crippen LogP contribution in [0.15, 0.2) is 78.2 Å². The van der Waals surface area contributed by atoms with Gasteiger partial charge in [0, 0.05) is 28.5 Å². The van der Waals surface area contributed by atoms with Crippen LogP contribution in [-0.4, -0.2) is 16.6 Å². The van der Waals surface area contributed by atoms with E-state index in [0.717, 1.165) is 16.9 Å². The van der Waals surface area contributed by atoms with Gasteiger partial charge in [0.2, 0.25) is 0 Å². The Balaban J connectivity index is 1.56. The largest absolute Gasteiger partial charge is 0.489 e. The molecule has 27 heavy (non-hydrogen) atoms. The molecule has 2 aromatic carbocycles. The van der Waals surface area contributed by atoms with Crippen molar-refractivity contribution in [2.75, 3.05) is 0 Å². The summed E-state index contributed by atoms with van der Waals surface area (Å²) in [5.41, 5.74) is 5.66. The number of nitrogens with zero attached hydrogens (tertiary/aromatic N) is 2. The number of nitrogens with one attached hydrogen (secondary N) is 1. The van der Waals surface area contributed by atoms with Crippen molar-refractivity contribution in [3.63, 3.8) is 0 Å². The third-order valence-corrected chi connectivity index (χ3v) is 4.11. The minimum atomic E-state index is -0.270. The minimum Gasteiger partial charge on any atom is -0.489 e. The topological polar surface area (TPSA) is 63.6 Å². The molecule has 136 valence electrons. The van der Waals surface area contributed by atoms with Crippen molar-refractivity contribution in [3.8, 4) is 5.75 Å². The highest BCUT2D eigenvalue weighted by Crippen LogP contribution is 2.17. The normalized spacial score (nSPS) is 11.1. The van der Waals surface area contributed by atoms with E-state index >= 15 is 0 Å². The molecule has 6 heteroatoms. The van der Waals surface area contributed by atoms with E-state index in [1.54, 1.807) is 36.7 Å². The molecule has 1 N–H and O–H groups in total. The standard InChI is InChI=1S/C21H18ClN3O2/c1-15(17-10-12-23-13-11-17)24-25-21(26)18-4-2-16(3-5-18)14-27-20-8-6-19(22)7-9-20/h2-13H,14H2,1H3,(H,25,26). The lowest BCUT2D eigenvalue weighted by atomic mass is 10.1. The summed E-state index contributed by atoms with van der Waals surface area (Å²) in [6.07, 6.45) is 3.36. The van der Waals surface area contributed by atoms with Crippen LogP contribution >= 0.6 is 11.6 Å². The van der Waals surface area contributed by atoms with Gasteiger partial charge in [-0.15, -0.1) is 0 Å². The van der Waals surface area contributed by atoms with E-state index in [0.29, 0.717) is 22.9 Å². The summed E-state index contributed by atoms with van der Waals surface area (Å²) in [4.78, 5) is 16.2. The fraction of sp³-hybridized carbons (Fsp3) is 0.0952. The van der Waals surface area contributed by atoms with Crippen LogP contribution in [0.4, 0.5) is 0 Å². The van der Waals surface area contributed by atoms with Crippen LogP contribution < -0.4 is 10.2 Å². The maximum atomic E-state index is 12.2. The first-order valence-corrected chi connectivity index (χ1v) is 8.72. The zero-order valence-electron chi connectivity index (χ0n) is 14.7. The van der Waals surface area contributed by atoms with Crippen molar-refractivity contribution >= 4 is 23.2 Å². The van der Waals surface area contributed by atoms with Gasteiger partial charge in [-0.1, -0.05) is 23.7 Å². The second kappa shape index (κ2) is 8.96. The zero-order valence-corrected chi connectivity index (χ0v) is 15.5. The molecule has 0 aliphatic heterocycles. The van der Waals surface area contributed by atoms with Gasteiger partial charge in [-0.2, -0.15) is 5.10 Å². The quantitative estimate of drug-likeness (QED) is 0.507. The van der Waals surface area contributed by atoms with E-state index in [1.807, 2.05) is 43.3 Å². The fourth-order valence-corrected chi connectivity index (χ4v) is 2.43. The Morgan fingerprint density at radius 1 is 1.00 bits per heavy atom. The van der Waals surface area contributed by atoms with Crippen molar-refractivity contribution < 1.29 is 9.53 Å². The Morgan fingerprint density at radius 2 is 1.67 bits per heavy atom. The molecule has 0 fully saturated rings. The third-order valence-electron chi connectivity index (χ3n) is 3.86. The number of carbonyl (C=O) groups excluding carboxylic acids is 1. The molecule has 5 nitrogen and oxygen atoms in total. The molecule has 3 aromatic rings. The first kappa shape index (κ1) is 18.6. The second-order valence-corrected chi connectivity index (χ2v) is 6.25. The Bertz CT molecular complexity index is 924. The molecule has 0 atom stereocenters. The highest BCUT2D eigenvalue weighted by molar-refractivity contribution is 6.30. The zero-order chi connectivity index (χ0) is 19.1. The minimum absolute atomic E-state index is 0.270. The van der Waals surface area contributed by atoms with Crippen molar-refractivity contribution in [1.82, 2.24) is 10.4 Å². The smallest absolute Gasteiger partial charge is 0.271 e. The first-order valence-electron chi connectivity index (χ1n) is 8.34. The maximum absolute atomic E-state index is 12.2. The molecule has 1 heterocycles. The first-order chi connectivity index (χ1) is 13.1. The van der Waals surface area contributed by atoms with Gasteiger partial charge in [-0.05, 0) is 61.0 Å². The van der Waals surface area contributed by atoms with E-state index in [9.17, 15) is 4.79 Å². The molecule has 0 bridgehead atoms. The molecule has 0 unspecified atom stereocenters. The Labute approximate surface area is 162 Å². The second-order valence-electron chi connectivity index (χ2n) is 5.81. The van der Waals surface area contributed by atoms with Crippen LogP contribution in [0.2, 0.25) is 5.02 Å². The Hall–Kier alpha value is -3.18. The summed E-state index contributed by atoms with van der Waals surface area (Å²) in [6.45, 7) is 2.23. The van der Waals surface area contributed by atoms with Gasteiger partial charge < -0.3 is 4.74 Å². The van der Waals surface area contributed by atoms with Gasteiger partial charge in [-0.3, -0.25) is 9.78 Å². The summed E-state index contributed by atoms with van der Waals surface area (Å²) in [5, 5.41) is 4.80. The van der Waals surface area contributed by atoms with Crippen molar-refractivity contribution in [1.29, 1.82) is 0 Å². The molecule has 1 amide bonds. The molecule has 3 rings (SSSR count). The Morgan fingerprint density at radius 3 is 2.33 bits per heavy atom. The highest BCUT2D eigenvalue weighted by Gasteiger charge is 2.05. The van der Waals surface area contributed by atoms with Crippen LogP contribution in [0, 0.1) is 0 Å². The number of hydrogen-bond acceptors (Lipinski definition) is 4. The fourth-order valence-electron chi connectivity index (χ4n) is 2.31. The molecule has 0 radical (unpaired) electrons. The predicted molar refractivity (Wildman–Crippen MR) is 106 cm³/mol. The molecule has 0 spiro atoms. The number of halogens is 1. The SMILES string of the molecule is CC(=NNC(=O)c1ccc(COc2ccc(Cl)cc2)cc1)c1ccncc1. The van der Waals surface area contributed by atoms with Crippen molar-refractivity contribution in [2.24, 2.45) is 5.10 Å². The van der Waals surface area contributed by atoms with Gasteiger partial charge in [-0.25, -0.2) is 5.43 Å². The molecular formula is C21H18ClN3O2. The van der Waals surface area contributed by atoms with Crippen LogP contribution in [0.3, 0.4) is 0 Å². The molecule has 0 aliphatic carbocycles. The van der Waals surface area contributed by atoms with Crippen LogP contribution in [0.25, 0.3) is 0 Å². The Kier molecular flexibility index (Phi) is 6.18. The number of hydrogen-bond donors (Lipinski definition) is 1. The van der Waals surface area contributed by atoms with E-state index in [-0.39, 0.29) is 5.91 Å². The van der Waals surface area contributed by atoms with Gasteiger partial charge >= 0.3 is 0 Å². The third kappa shape index (κ3) is 5.39. The number of benzene rings is 2. The number of carbonyl (C=O) groups is 1. The van der Waals surface area contributed by atoms with Gasteiger partial charge in [0.25, 0.3) is 5.91 Å². The van der Waals surface area contributed by atoms with Gasteiger partial charge in [0.1, 0.15) is 12.4 Å². The number of ether oxygens (including phenoxy) is 1. The molecular weight excluding hydrogens is 362 g/mol. The number of hydrazone groups is 1. The predicted octanol–water partition coefficient (Wildman–Crippen LogP) is 4.47. The van der Waals surface area contributed by atoms with E-state index in [1.165, 1.54) is 0 Å². The average Bonchev–Trinajstić information content (AvgIpc) is 2.72. The van der Waals surface area contributed by atoms with Crippen LogP contribution in [0.1, 0.15) is 28.4 Å². The molecule has 0 saturated heterocycles. The monoisotopic (exact) mass is 379 g/mol. The summed E-state index contributed by atoms with van der Waals surface area (Å²) < 4.78 is 5.69. The lowest BCUT2D eigenvalue weighted by Crippen LogP contribution is -2.19. The highest BCUT2D eigenvalue weighted by atomic mass is 35.5. The summed E-state index contributed by atoms with van der Waals surface area (Å²) in [7, 11) is 0. The molecule has 0 aliphatic rings. The summed E-state index contributed by atoms with van der Waals surface area (Å²) in [5.74, 6) is 0.468. The number of pyridine rings is 1. The van der Waals surface area contributed by atoms with Crippen LogP contribution in [0.5, 0.6) is 5.75 Å². The van der Waals surface area contributed by atoms with Crippen molar-refractivity contribution in [3.05, 3.63) is 94.8 Å². The van der Waals surface area contributed by atoms with E-state index in [4.69, 9.17) is 16.3 Å². The molecule has 0 saturated carbocycles. The lowest BCUT2D eigenvalue weighted by molar-refractivity contribution is 0.0955. The van der Waals surface area contributed by atoms with Gasteiger partial charge in [0.05, 0.1) is 5.71 Å². The summed E-state index contributed by atoms with van der Waals surface area (Å²) in [6, 6.07) is 18.0. The van der Waals surface area contributed by atoms with Crippen molar-refractivity contribution in [2.45, 2.75) is 13.5 Å². The summed E-state index contributed by atoms with van der Waals surface area (Å²) >= 11 is 5.85.